The van der Waals surface area contributed by atoms with Gasteiger partial charge >= 0.3 is 5.97 Å². The Morgan fingerprint density at radius 2 is 2.09 bits per heavy atom. The number of rotatable bonds is 6. The molecule has 0 aliphatic heterocycles. The minimum Gasteiger partial charge on any atom is -0.463 e. The summed E-state index contributed by atoms with van der Waals surface area (Å²) in [6.45, 7) is 8.47. The van der Waals surface area contributed by atoms with E-state index in [2.05, 4.69) is 32.1 Å². The fourth-order valence-corrected chi connectivity index (χ4v) is 2.35. The van der Waals surface area contributed by atoms with E-state index in [0.717, 1.165) is 5.57 Å². The van der Waals surface area contributed by atoms with Crippen LogP contribution in [0.2, 0.25) is 0 Å². The lowest BCUT2D eigenvalue weighted by atomic mass is 9.89. The van der Waals surface area contributed by atoms with Gasteiger partial charge in [0.2, 0.25) is 0 Å². The summed E-state index contributed by atoms with van der Waals surface area (Å²) in [4.78, 5) is 11.3. The molecule has 0 radical (unpaired) electrons. The predicted octanol–water partition coefficient (Wildman–Crippen LogP) is 5.30. The second-order valence-electron chi connectivity index (χ2n) is 5.78. The molecule has 0 saturated carbocycles. The molecular formula is C20H28O2. The lowest BCUT2D eigenvalue weighted by Gasteiger charge is -2.17. The van der Waals surface area contributed by atoms with Crippen LogP contribution in [0.5, 0.6) is 0 Å². The predicted molar refractivity (Wildman–Crippen MR) is 93.5 cm³/mol. The summed E-state index contributed by atoms with van der Waals surface area (Å²) in [5, 5.41) is 0. The smallest absolute Gasteiger partial charge is 0.330 e. The van der Waals surface area contributed by atoms with Crippen molar-refractivity contribution < 1.29 is 9.53 Å². The van der Waals surface area contributed by atoms with Gasteiger partial charge in [-0.1, -0.05) is 49.0 Å². The highest BCUT2D eigenvalue weighted by Gasteiger charge is 2.09. The summed E-state index contributed by atoms with van der Waals surface area (Å²) in [5.74, 6) is 0.381. The molecule has 22 heavy (non-hydrogen) atoms. The van der Waals surface area contributed by atoms with Crippen molar-refractivity contribution >= 4 is 5.97 Å². The van der Waals surface area contributed by atoms with Crippen molar-refractivity contribution in [3.63, 3.8) is 0 Å². The van der Waals surface area contributed by atoms with E-state index >= 15 is 0 Å². The Labute approximate surface area is 134 Å². The Hall–Kier alpha value is -1.83. The van der Waals surface area contributed by atoms with Crippen LogP contribution in [0.1, 0.15) is 47.0 Å². The summed E-state index contributed by atoms with van der Waals surface area (Å²) in [7, 11) is 0. The third-order valence-electron chi connectivity index (χ3n) is 3.68. The molecular weight excluding hydrogens is 272 g/mol. The zero-order valence-electron chi connectivity index (χ0n) is 14.3. The first-order valence-electron chi connectivity index (χ1n) is 8.11. The van der Waals surface area contributed by atoms with Gasteiger partial charge < -0.3 is 4.74 Å². The number of ether oxygens (including phenoxy) is 1. The van der Waals surface area contributed by atoms with Crippen LogP contribution in [0.15, 0.2) is 59.3 Å². The molecule has 2 heteroatoms. The molecule has 0 bridgehead atoms. The Balaban J connectivity index is 2.56. The molecule has 1 atom stereocenters. The lowest BCUT2D eigenvalue weighted by molar-refractivity contribution is -0.137. The molecule has 0 aromatic heterocycles. The third kappa shape index (κ3) is 7.26. The zero-order chi connectivity index (χ0) is 16.4. The second-order valence-corrected chi connectivity index (χ2v) is 5.78. The minimum atomic E-state index is -0.288. The Bertz CT molecular complexity index is 516. The Morgan fingerprint density at radius 1 is 1.32 bits per heavy atom. The van der Waals surface area contributed by atoms with Crippen molar-refractivity contribution in [2.24, 2.45) is 5.92 Å². The topological polar surface area (TPSA) is 26.3 Å². The van der Waals surface area contributed by atoms with Gasteiger partial charge in [-0.15, -0.1) is 0 Å². The maximum absolute atomic E-state index is 11.3. The van der Waals surface area contributed by atoms with Crippen LogP contribution >= 0.6 is 0 Å². The molecule has 0 N–H and O–H groups in total. The first-order valence-corrected chi connectivity index (χ1v) is 8.11. The van der Waals surface area contributed by atoms with Crippen LogP contribution < -0.4 is 0 Å². The van der Waals surface area contributed by atoms with Crippen molar-refractivity contribution in [1.29, 1.82) is 0 Å². The number of carbonyl (C=O) groups is 1. The number of allylic oxidation sites excluding steroid dienone is 9. The van der Waals surface area contributed by atoms with E-state index in [9.17, 15) is 4.79 Å². The number of esters is 1. The van der Waals surface area contributed by atoms with Gasteiger partial charge in [0.1, 0.15) is 0 Å². The lowest BCUT2D eigenvalue weighted by Crippen LogP contribution is -2.02. The highest BCUT2D eigenvalue weighted by Crippen LogP contribution is 2.25. The maximum Gasteiger partial charge on any atom is 0.330 e. The van der Waals surface area contributed by atoms with E-state index in [-0.39, 0.29) is 5.97 Å². The molecule has 1 aliphatic rings. The van der Waals surface area contributed by atoms with Gasteiger partial charge in [-0.2, -0.15) is 0 Å². The number of hydrogen-bond acceptors (Lipinski definition) is 2. The molecule has 1 rings (SSSR count). The molecule has 1 unspecified atom stereocenters. The van der Waals surface area contributed by atoms with Crippen molar-refractivity contribution in [1.82, 2.24) is 0 Å². The molecule has 2 nitrogen and oxygen atoms in total. The normalized spacial score (nSPS) is 20.5. The Kier molecular flexibility index (Phi) is 8.27. The molecule has 0 aromatic rings. The second kappa shape index (κ2) is 9.99. The SMILES string of the molecule is CCOC(=O)/C=C(C)/C=C/C=C(C)\C=C\C1=CCCCC1C. The largest absolute Gasteiger partial charge is 0.463 e. The van der Waals surface area contributed by atoms with E-state index in [0.29, 0.717) is 12.5 Å². The van der Waals surface area contributed by atoms with E-state index in [1.165, 1.54) is 36.5 Å². The van der Waals surface area contributed by atoms with Gasteiger partial charge in [0.05, 0.1) is 6.61 Å². The summed E-state index contributed by atoms with van der Waals surface area (Å²) in [6.07, 6.45) is 18.0. The monoisotopic (exact) mass is 300 g/mol. The maximum atomic E-state index is 11.3. The van der Waals surface area contributed by atoms with Crippen molar-refractivity contribution in [2.75, 3.05) is 6.61 Å². The van der Waals surface area contributed by atoms with Gasteiger partial charge in [-0.25, -0.2) is 4.79 Å². The number of carbonyl (C=O) groups excluding carboxylic acids is 1. The fraction of sp³-hybridized carbons (Fsp3) is 0.450. The number of hydrogen-bond donors (Lipinski definition) is 0. The minimum absolute atomic E-state index is 0.288. The molecule has 120 valence electrons. The highest BCUT2D eigenvalue weighted by molar-refractivity contribution is 5.83. The molecule has 0 saturated heterocycles. The Morgan fingerprint density at radius 3 is 2.77 bits per heavy atom. The van der Waals surface area contributed by atoms with Gasteiger partial charge in [0.25, 0.3) is 0 Å². The van der Waals surface area contributed by atoms with Gasteiger partial charge in [0, 0.05) is 6.08 Å². The van der Waals surface area contributed by atoms with E-state index in [1.54, 1.807) is 6.92 Å². The summed E-state index contributed by atoms with van der Waals surface area (Å²) in [6, 6.07) is 0. The first kappa shape index (κ1) is 18.2. The molecule has 0 spiro atoms. The van der Waals surface area contributed by atoms with E-state index < -0.39 is 0 Å². The quantitative estimate of drug-likeness (QED) is 0.378. The van der Waals surface area contributed by atoms with Crippen molar-refractivity contribution in [2.45, 2.75) is 47.0 Å². The third-order valence-corrected chi connectivity index (χ3v) is 3.68. The van der Waals surface area contributed by atoms with Crippen LogP contribution in [0.25, 0.3) is 0 Å². The summed E-state index contributed by atoms with van der Waals surface area (Å²) in [5.41, 5.74) is 3.52. The van der Waals surface area contributed by atoms with Crippen LogP contribution in [0, 0.1) is 5.92 Å². The average Bonchev–Trinajstić information content (AvgIpc) is 2.46. The highest BCUT2D eigenvalue weighted by atomic mass is 16.5. The van der Waals surface area contributed by atoms with Gasteiger partial charge in [0.15, 0.2) is 0 Å². The van der Waals surface area contributed by atoms with Gasteiger partial charge in [-0.3, -0.25) is 0 Å². The summed E-state index contributed by atoms with van der Waals surface area (Å²) < 4.78 is 4.87. The molecule has 0 aromatic carbocycles. The molecule has 0 amide bonds. The van der Waals surface area contributed by atoms with Crippen LogP contribution in [-0.2, 0) is 9.53 Å². The van der Waals surface area contributed by atoms with Crippen LogP contribution in [-0.4, -0.2) is 12.6 Å². The van der Waals surface area contributed by atoms with E-state index in [4.69, 9.17) is 4.74 Å². The van der Waals surface area contributed by atoms with E-state index in [1.807, 2.05) is 25.2 Å². The molecule has 1 aliphatic carbocycles. The first-order chi connectivity index (χ1) is 10.5. The van der Waals surface area contributed by atoms with Crippen LogP contribution in [0.3, 0.4) is 0 Å². The standard InChI is InChI=1S/C20H28O2/c1-5-22-20(21)15-17(3)10-8-9-16(2)13-14-19-12-7-6-11-18(19)4/h8-10,12-15,18H,5-7,11H2,1-4H3/b10-8+,14-13+,16-9-,17-15+. The molecule has 0 heterocycles. The van der Waals surface area contributed by atoms with Crippen molar-refractivity contribution in [3.8, 4) is 0 Å². The summed E-state index contributed by atoms with van der Waals surface area (Å²) >= 11 is 0. The van der Waals surface area contributed by atoms with Crippen molar-refractivity contribution in [3.05, 3.63) is 59.3 Å². The zero-order valence-corrected chi connectivity index (χ0v) is 14.3. The fourth-order valence-electron chi connectivity index (χ4n) is 2.35. The van der Waals surface area contributed by atoms with Gasteiger partial charge in [-0.05, 0) is 57.1 Å². The average molecular weight is 300 g/mol. The molecule has 0 fully saturated rings. The van der Waals surface area contributed by atoms with Crippen LogP contribution in [0.4, 0.5) is 0 Å².